The molecule has 2 aliphatic rings. The summed E-state index contributed by atoms with van der Waals surface area (Å²) in [5.74, 6) is 0. The number of ether oxygens (including phenoxy) is 3. The SMILES string of the molecule is CC(C)(C)[Si](C)(C)O[C@]1(C)C=C[C@@H]2O[C@H](c3ccccc3)OC[C@H]2O[C@H]1CO. The van der Waals surface area contributed by atoms with Gasteiger partial charge >= 0.3 is 0 Å². The van der Waals surface area contributed by atoms with Gasteiger partial charge in [0.25, 0.3) is 0 Å². The minimum absolute atomic E-state index is 0.0565. The Labute approximate surface area is 169 Å². The van der Waals surface area contributed by atoms with E-state index in [9.17, 15) is 5.11 Å². The Balaban J connectivity index is 1.82. The Bertz CT molecular complexity index is 684. The second-order valence-corrected chi connectivity index (χ2v) is 14.2. The van der Waals surface area contributed by atoms with Crippen molar-refractivity contribution < 1.29 is 23.7 Å². The standard InChI is InChI=1S/C22H34O5Si/c1-21(2,3)28(5,6)27-22(4)13-12-17-18(25-19(22)14-23)15-24-20(26-17)16-10-8-7-9-11-16/h7-13,17-20,23H,14-15H2,1-6H3/t17-,18+,19-,20+,22+/m0/s1. The van der Waals surface area contributed by atoms with Crippen molar-refractivity contribution in [1.29, 1.82) is 0 Å². The van der Waals surface area contributed by atoms with Crippen molar-refractivity contribution in [3.05, 3.63) is 48.0 Å². The highest BCUT2D eigenvalue weighted by Gasteiger charge is 2.48. The fraction of sp³-hybridized carbons (Fsp3) is 0.636. The molecule has 156 valence electrons. The molecule has 5 nitrogen and oxygen atoms in total. The van der Waals surface area contributed by atoms with Crippen LogP contribution in [0.4, 0.5) is 0 Å². The molecule has 0 radical (unpaired) electrons. The predicted octanol–water partition coefficient (Wildman–Crippen LogP) is 4.20. The third kappa shape index (κ3) is 4.42. The number of fused-ring (bicyclic) bond motifs is 1. The minimum Gasteiger partial charge on any atom is -0.405 e. The molecule has 3 rings (SSSR count). The Kier molecular flexibility index (Phi) is 6.20. The highest BCUT2D eigenvalue weighted by atomic mass is 28.4. The quantitative estimate of drug-likeness (QED) is 0.600. The first-order valence-electron chi connectivity index (χ1n) is 10.0. The highest BCUT2D eigenvalue weighted by Crippen LogP contribution is 2.42. The summed E-state index contributed by atoms with van der Waals surface area (Å²) in [4.78, 5) is 0. The van der Waals surface area contributed by atoms with Crippen molar-refractivity contribution in [2.24, 2.45) is 0 Å². The number of aliphatic hydroxyl groups excluding tert-OH is 1. The summed E-state index contributed by atoms with van der Waals surface area (Å²) in [6, 6.07) is 9.90. The van der Waals surface area contributed by atoms with Crippen LogP contribution in [0.15, 0.2) is 42.5 Å². The maximum Gasteiger partial charge on any atom is 0.193 e. The van der Waals surface area contributed by atoms with Crippen molar-refractivity contribution in [3.63, 3.8) is 0 Å². The van der Waals surface area contributed by atoms with Crippen LogP contribution in [0.2, 0.25) is 18.1 Å². The molecule has 0 aliphatic carbocycles. The summed E-state index contributed by atoms with van der Waals surface area (Å²) in [6.07, 6.45) is 2.61. The number of hydrogen-bond donors (Lipinski definition) is 1. The molecule has 1 saturated heterocycles. The maximum absolute atomic E-state index is 10.1. The Morgan fingerprint density at radius 3 is 2.46 bits per heavy atom. The second-order valence-electron chi connectivity index (χ2n) is 9.43. The molecule has 0 unspecified atom stereocenters. The van der Waals surface area contributed by atoms with Crippen LogP contribution >= 0.6 is 0 Å². The van der Waals surface area contributed by atoms with Crippen molar-refractivity contribution in [3.8, 4) is 0 Å². The average molecular weight is 407 g/mol. The summed E-state index contributed by atoms with van der Waals surface area (Å²) in [5, 5.41) is 10.1. The van der Waals surface area contributed by atoms with Crippen molar-refractivity contribution >= 4 is 8.32 Å². The van der Waals surface area contributed by atoms with Gasteiger partial charge in [-0.15, -0.1) is 0 Å². The van der Waals surface area contributed by atoms with Gasteiger partial charge in [0.1, 0.15) is 23.9 Å². The lowest BCUT2D eigenvalue weighted by molar-refractivity contribution is -0.266. The van der Waals surface area contributed by atoms with Crippen LogP contribution in [-0.2, 0) is 18.6 Å². The van der Waals surface area contributed by atoms with Gasteiger partial charge in [0, 0.05) is 5.56 Å². The molecule has 28 heavy (non-hydrogen) atoms. The first-order valence-corrected chi connectivity index (χ1v) is 12.9. The van der Waals surface area contributed by atoms with Gasteiger partial charge in [0.05, 0.1) is 13.2 Å². The summed E-state index contributed by atoms with van der Waals surface area (Å²) in [5.41, 5.74) is 0.262. The molecule has 1 N–H and O–H groups in total. The van der Waals surface area contributed by atoms with Gasteiger partial charge in [0.2, 0.25) is 0 Å². The maximum atomic E-state index is 10.1. The van der Waals surface area contributed by atoms with Gasteiger partial charge in [-0.25, -0.2) is 0 Å². The van der Waals surface area contributed by atoms with Crippen LogP contribution in [0.25, 0.3) is 0 Å². The first kappa shape index (κ1) is 21.7. The van der Waals surface area contributed by atoms with E-state index in [1.165, 1.54) is 0 Å². The molecule has 6 heteroatoms. The predicted molar refractivity (Wildman–Crippen MR) is 112 cm³/mol. The Hall–Kier alpha value is -1.02. The summed E-state index contributed by atoms with van der Waals surface area (Å²) in [7, 11) is -2.07. The van der Waals surface area contributed by atoms with E-state index in [-0.39, 0.29) is 23.9 Å². The molecule has 1 aromatic rings. The topological polar surface area (TPSA) is 57.2 Å². The van der Waals surface area contributed by atoms with Gasteiger partial charge in [0.15, 0.2) is 14.6 Å². The lowest BCUT2D eigenvalue weighted by Gasteiger charge is -2.45. The van der Waals surface area contributed by atoms with Crippen LogP contribution in [0.3, 0.4) is 0 Å². The lowest BCUT2D eigenvalue weighted by Crippen LogP contribution is -2.55. The molecule has 0 saturated carbocycles. The molecule has 2 aliphatic heterocycles. The molecular weight excluding hydrogens is 372 g/mol. The van der Waals surface area contributed by atoms with E-state index < -0.39 is 26.3 Å². The van der Waals surface area contributed by atoms with E-state index in [0.717, 1.165) is 5.56 Å². The lowest BCUT2D eigenvalue weighted by atomic mass is 9.99. The van der Waals surface area contributed by atoms with E-state index in [1.807, 2.05) is 49.4 Å². The Morgan fingerprint density at radius 2 is 1.86 bits per heavy atom. The zero-order chi connectivity index (χ0) is 20.6. The van der Waals surface area contributed by atoms with Crippen molar-refractivity contribution in [2.45, 2.75) is 76.0 Å². The van der Waals surface area contributed by atoms with Gasteiger partial charge in [-0.05, 0) is 25.1 Å². The summed E-state index contributed by atoms with van der Waals surface area (Å²) >= 11 is 0. The molecule has 1 aromatic carbocycles. The van der Waals surface area contributed by atoms with Crippen LogP contribution in [0.1, 0.15) is 39.5 Å². The first-order chi connectivity index (χ1) is 13.1. The van der Waals surface area contributed by atoms with E-state index in [1.54, 1.807) is 0 Å². The van der Waals surface area contributed by atoms with Crippen molar-refractivity contribution in [1.82, 2.24) is 0 Å². The molecule has 2 heterocycles. The van der Waals surface area contributed by atoms with Gasteiger partial charge in [-0.3, -0.25) is 0 Å². The van der Waals surface area contributed by atoms with Crippen LogP contribution < -0.4 is 0 Å². The van der Waals surface area contributed by atoms with Crippen molar-refractivity contribution in [2.75, 3.05) is 13.2 Å². The third-order valence-electron chi connectivity index (χ3n) is 6.17. The van der Waals surface area contributed by atoms with E-state index in [0.29, 0.717) is 6.61 Å². The summed E-state index contributed by atoms with van der Waals surface area (Å²) in [6.45, 7) is 13.3. The van der Waals surface area contributed by atoms with E-state index in [2.05, 4.69) is 33.9 Å². The number of hydrogen-bond acceptors (Lipinski definition) is 5. The molecule has 1 fully saturated rings. The van der Waals surface area contributed by atoms with Gasteiger partial charge in [-0.2, -0.15) is 0 Å². The fourth-order valence-corrected chi connectivity index (χ4v) is 4.99. The molecule has 0 aromatic heterocycles. The molecule has 5 atom stereocenters. The van der Waals surface area contributed by atoms with Crippen LogP contribution in [0.5, 0.6) is 0 Å². The smallest absolute Gasteiger partial charge is 0.193 e. The number of benzene rings is 1. The molecule has 0 bridgehead atoms. The largest absolute Gasteiger partial charge is 0.405 e. The third-order valence-corrected chi connectivity index (χ3v) is 10.7. The van der Waals surface area contributed by atoms with Gasteiger partial charge < -0.3 is 23.7 Å². The second kappa shape index (κ2) is 8.01. The molecular formula is C22H34O5Si. The van der Waals surface area contributed by atoms with Crippen LogP contribution in [-0.4, -0.2) is 50.6 Å². The fourth-order valence-electron chi connectivity index (χ4n) is 3.38. The summed E-state index contributed by atoms with van der Waals surface area (Å²) < 4.78 is 25.1. The normalized spacial score (nSPS) is 34.0. The molecule has 0 amide bonds. The van der Waals surface area contributed by atoms with E-state index in [4.69, 9.17) is 18.6 Å². The minimum atomic E-state index is -2.07. The highest BCUT2D eigenvalue weighted by molar-refractivity contribution is 6.74. The monoisotopic (exact) mass is 406 g/mol. The zero-order valence-electron chi connectivity index (χ0n) is 17.8. The van der Waals surface area contributed by atoms with E-state index >= 15 is 0 Å². The Morgan fingerprint density at radius 1 is 1.18 bits per heavy atom. The number of rotatable bonds is 4. The zero-order valence-corrected chi connectivity index (χ0v) is 18.8. The number of aliphatic hydroxyl groups is 1. The van der Waals surface area contributed by atoms with Crippen LogP contribution in [0, 0.1) is 0 Å². The average Bonchev–Trinajstić information content (AvgIpc) is 2.77. The van der Waals surface area contributed by atoms with Gasteiger partial charge in [-0.1, -0.05) is 63.3 Å². The molecule has 0 spiro atoms.